The van der Waals surface area contributed by atoms with E-state index in [0.29, 0.717) is 48.5 Å². The molecule has 8 heteroatoms. The number of anilines is 2. The number of aromatic nitrogens is 4. The number of nitrogens with zero attached hydrogens (tertiary/aromatic N) is 5. The number of benzene rings is 2. The van der Waals surface area contributed by atoms with Gasteiger partial charge in [-0.3, -0.25) is 0 Å². The summed E-state index contributed by atoms with van der Waals surface area (Å²) in [5.74, 6) is 2.20. The van der Waals surface area contributed by atoms with Crippen molar-refractivity contribution in [2.24, 2.45) is 0 Å². The van der Waals surface area contributed by atoms with E-state index < -0.39 is 0 Å². The van der Waals surface area contributed by atoms with Crippen molar-refractivity contribution in [1.29, 1.82) is 0 Å². The van der Waals surface area contributed by atoms with Gasteiger partial charge in [0, 0.05) is 19.2 Å². The Hall–Kier alpha value is -4.20. The van der Waals surface area contributed by atoms with Gasteiger partial charge < -0.3 is 15.1 Å². The van der Waals surface area contributed by atoms with Crippen molar-refractivity contribution < 1.29 is 8.81 Å². The molecular weight excluding hydrogens is 419 g/mol. The summed E-state index contributed by atoms with van der Waals surface area (Å²) < 4.78 is 20.6. The summed E-state index contributed by atoms with van der Waals surface area (Å²) in [5.41, 5.74) is 9.56. The van der Waals surface area contributed by atoms with E-state index in [9.17, 15) is 4.39 Å². The summed E-state index contributed by atoms with van der Waals surface area (Å²) in [6.07, 6.45) is 2.22. The number of hydrogen-bond acceptors (Lipinski definition) is 6. The molecule has 0 spiro atoms. The normalized spacial score (nSPS) is 11.2. The maximum Gasteiger partial charge on any atom is 0.256 e. The first-order valence-corrected chi connectivity index (χ1v) is 10.7. The molecule has 3 heterocycles. The summed E-state index contributed by atoms with van der Waals surface area (Å²) in [6.45, 7) is 3.31. The van der Waals surface area contributed by atoms with Gasteiger partial charge in [-0.25, -0.2) is 4.39 Å². The summed E-state index contributed by atoms with van der Waals surface area (Å²) in [5, 5.41) is 4.42. The van der Waals surface area contributed by atoms with Crippen molar-refractivity contribution in [3.05, 3.63) is 95.5 Å². The van der Waals surface area contributed by atoms with Gasteiger partial charge in [-0.2, -0.15) is 14.5 Å². The van der Waals surface area contributed by atoms with Gasteiger partial charge in [0.05, 0.1) is 6.26 Å². The van der Waals surface area contributed by atoms with Crippen molar-refractivity contribution in [2.75, 3.05) is 17.2 Å². The fourth-order valence-corrected chi connectivity index (χ4v) is 3.81. The highest BCUT2D eigenvalue weighted by Gasteiger charge is 2.17. The predicted octanol–water partition coefficient (Wildman–Crippen LogP) is 4.66. The van der Waals surface area contributed by atoms with Crippen LogP contribution >= 0.6 is 0 Å². The molecule has 5 rings (SSSR count). The van der Waals surface area contributed by atoms with Gasteiger partial charge in [-0.05, 0) is 48.7 Å². The average molecular weight is 442 g/mol. The van der Waals surface area contributed by atoms with Crippen molar-refractivity contribution in [1.82, 2.24) is 19.6 Å². The minimum atomic E-state index is -0.240. The summed E-state index contributed by atoms with van der Waals surface area (Å²) in [6, 6.07) is 20.3. The highest BCUT2D eigenvalue weighted by Crippen LogP contribution is 2.23. The zero-order valence-electron chi connectivity index (χ0n) is 18.1. The number of furan rings is 1. The molecule has 0 unspecified atom stereocenters. The van der Waals surface area contributed by atoms with Crippen LogP contribution in [-0.2, 0) is 13.0 Å². The Morgan fingerprint density at radius 2 is 1.85 bits per heavy atom. The molecule has 0 saturated heterocycles. The third kappa shape index (κ3) is 4.55. The Morgan fingerprint density at radius 3 is 2.64 bits per heavy atom. The summed E-state index contributed by atoms with van der Waals surface area (Å²) >= 11 is 0. The maximum atomic E-state index is 13.7. The molecule has 2 aromatic carbocycles. The molecule has 3 aromatic heterocycles. The number of halogens is 1. The number of rotatable bonds is 7. The number of aryl methyl sites for hydroxylation is 1. The van der Waals surface area contributed by atoms with Gasteiger partial charge in [0.15, 0.2) is 5.76 Å². The van der Waals surface area contributed by atoms with Gasteiger partial charge in [0.2, 0.25) is 5.82 Å². The fraction of sp³-hybridized carbons (Fsp3) is 0.160. The smallest absolute Gasteiger partial charge is 0.256 e. The lowest BCUT2D eigenvalue weighted by atomic mass is 10.1. The Kier molecular flexibility index (Phi) is 5.48. The SMILES string of the molecule is Cc1cccc(CN(CCc2cccc(F)c2)c2cc(N)n3nc(-c4ccco4)nc3n2)c1. The molecule has 0 aliphatic carbocycles. The van der Waals surface area contributed by atoms with E-state index in [0.717, 1.165) is 11.1 Å². The zero-order chi connectivity index (χ0) is 22.8. The predicted molar refractivity (Wildman–Crippen MR) is 125 cm³/mol. The molecule has 5 aromatic rings. The van der Waals surface area contributed by atoms with Crippen LogP contribution in [0.25, 0.3) is 17.4 Å². The highest BCUT2D eigenvalue weighted by molar-refractivity contribution is 5.57. The monoisotopic (exact) mass is 442 g/mol. The Bertz CT molecular complexity index is 1400. The molecule has 0 aliphatic rings. The molecule has 0 saturated carbocycles. The standard InChI is InChI=1S/C25H23FN6O/c1-17-5-2-7-19(13-17)16-31(11-10-18-6-3-8-20(26)14-18)23-15-22(27)32-25(28-23)29-24(30-32)21-9-4-12-33-21/h2-9,12-15H,10-11,16,27H2,1H3. The molecule has 7 nitrogen and oxygen atoms in total. The van der Waals surface area contributed by atoms with Crippen molar-refractivity contribution >= 4 is 17.4 Å². The zero-order valence-corrected chi connectivity index (χ0v) is 18.1. The third-order valence-electron chi connectivity index (χ3n) is 5.41. The molecule has 0 atom stereocenters. The van der Waals surface area contributed by atoms with E-state index in [1.165, 1.54) is 16.1 Å². The van der Waals surface area contributed by atoms with E-state index >= 15 is 0 Å². The van der Waals surface area contributed by atoms with Crippen LogP contribution in [0.5, 0.6) is 0 Å². The molecular formula is C25H23FN6O. The van der Waals surface area contributed by atoms with Crippen LogP contribution in [0.2, 0.25) is 0 Å². The lowest BCUT2D eigenvalue weighted by molar-refractivity contribution is 0.577. The molecule has 33 heavy (non-hydrogen) atoms. The number of fused-ring (bicyclic) bond motifs is 1. The van der Waals surface area contributed by atoms with Gasteiger partial charge >= 0.3 is 0 Å². The molecule has 0 amide bonds. The van der Waals surface area contributed by atoms with Crippen LogP contribution in [0.15, 0.2) is 77.4 Å². The minimum absolute atomic E-state index is 0.240. The van der Waals surface area contributed by atoms with Crippen LogP contribution in [-0.4, -0.2) is 26.1 Å². The second kappa shape index (κ2) is 8.74. The molecule has 0 bridgehead atoms. The number of hydrogen-bond donors (Lipinski definition) is 1. The molecule has 166 valence electrons. The summed E-state index contributed by atoms with van der Waals surface area (Å²) in [4.78, 5) is 11.4. The van der Waals surface area contributed by atoms with Crippen LogP contribution < -0.4 is 10.6 Å². The fourth-order valence-electron chi connectivity index (χ4n) is 3.81. The van der Waals surface area contributed by atoms with E-state index in [2.05, 4.69) is 40.1 Å². The largest absolute Gasteiger partial charge is 0.461 e. The highest BCUT2D eigenvalue weighted by atomic mass is 19.1. The first kappa shape index (κ1) is 20.7. The van der Waals surface area contributed by atoms with E-state index in [4.69, 9.17) is 15.1 Å². The maximum absolute atomic E-state index is 13.7. The third-order valence-corrected chi connectivity index (χ3v) is 5.41. The Balaban J connectivity index is 1.50. The number of nitrogen functional groups attached to an aromatic ring is 1. The van der Waals surface area contributed by atoms with E-state index in [1.54, 1.807) is 36.6 Å². The quantitative estimate of drug-likeness (QED) is 0.394. The van der Waals surface area contributed by atoms with E-state index in [-0.39, 0.29) is 5.82 Å². The lowest BCUT2D eigenvalue weighted by Crippen LogP contribution is -2.27. The number of nitrogens with two attached hydrogens (primary N) is 1. The first-order valence-electron chi connectivity index (χ1n) is 10.7. The second-order valence-corrected chi connectivity index (χ2v) is 7.95. The average Bonchev–Trinajstić information content (AvgIpc) is 3.47. The molecule has 0 radical (unpaired) electrons. The van der Waals surface area contributed by atoms with Gasteiger partial charge in [-0.1, -0.05) is 42.0 Å². The molecule has 2 N–H and O–H groups in total. The minimum Gasteiger partial charge on any atom is -0.461 e. The lowest BCUT2D eigenvalue weighted by Gasteiger charge is -2.24. The topological polar surface area (TPSA) is 85.5 Å². The van der Waals surface area contributed by atoms with Crippen molar-refractivity contribution in [3.8, 4) is 11.6 Å². The Labute approximate surface area is 190 Å². The molecule has 0 aliphatic heterocycles. The van der Waals surface area contributed by atoms with Gasteiger partial charge in [0.25, 0.3) is 5.78 Å². The summed E-state index contributed by atoms with van der Waals surface area (Å²) in [7, 11) is 0. The van der Waals surface area contributed by atoms with Crippen LogP contribution in [0.3, 0.4) is 0 Å². The molecule has 0 fully saturated rings. The van der Waals surface area contributed by atoms with E-state index in [1.807, 2.05) is 12.1 Å². The van der Waals surface area contributed by atoms with Gasteiger partial charge in [-0.15, -0.1) is 5.10 Å². The second-order valence-electron chi connectivity index (χ2n) is 7.95. The van der Waals surface area contributed by atoms with Gasteiger partial charge in [0.1, 0.15) is 17.5 Å². The Morgan fingerprint density at radius 1 is 1.00 bits per heavy atom. The van der Waals surface area contributed by atoms with Crippen molar-refractivity contribution in [2.45, 2.75) is 19.9 Å². The van der Waals surface area contributed by atoms with Crippen molar-refractivity contribution in [3.63, 3.8) is 0 Å². The van der Waals surface area contributed by atoms with Crippen LogP contribution in [0.1, 0.15) is 16.7 Å². The van der Waals surface area contributed by atoms with Crippen LogP contribution in [0.4, 0.5) is 16.0 Å². The first-order chi connectivity index (χ1) is 16.0. The van der Waals surface area contributed by atoms with Crippen LogP contribution in [0, 0.1) is 12.7 Å².